The zero-order chi connectivity index (χ0) is 12.8. The SMILES string of the molecule is CCOC(CC)C(NC)c1c(F)cccc1F. The molecule has 0 amide bonds. The summed E-state index contributed by atoms with van der Waals surface area (Å²) in [6.07, 6.45) is 0.448. The van der Waals surface area contributed by atoms with E-state index >= 15 is 0 Å². The Morgan fingerprint density at radius 3 is 2.24 bits per heavy atom. The molecule has 0 saturated heterocycles. The standard InChI is InChI=1S/C13H19F2NO/c1-4-11(17-5-2)13(16-3)12-9(14)7-6-8-10(12)15/h6-8,11,13,16H,4-5H2,1-3H3. The molecular formula is C13H19F2NO. The molecule has 1 N–H and O–H groups in total. The van der Waals surface area contributed by atoms with Crippen LogP contribution in [0, 0.1) is 11.6 Å². The van der Waals surface area contributed by atoms with Gasteiger partial charge in [0, 0.05) is 12.2 Å². The quantitative estimate of drug-likeness (QED) is 0.829. The molecule has 1 aromatic rings. The van der Waals surface area contributed by atoms with Gasteiger partial charge in [-0.15, -0.1) is 0 Å². The van der Waals surface area contributed by atoms with E-state index in [1.165, 1.54) is 18.2 Å². The lowest BCUT2D eigenvalue weighted by atomic mass is 9.98. The Morgan fingerprint density at radius 1 is 1.24 bits per heavy atom. The first-order chi connectivity index (χ1) is 8.15. The van der Waals surface area contributed by atoms with Gasteiger partial charge in [0.25, 0.3) is 0 Å². The van der Waals surface area contributed by atoms with Crippen LogP contribution in [0.15, 0.2) is 18.2 Å². The highest BCUT2D eigenvalue weighted by atomic mass is 19.1. The van der Waals surface area contributed by atoms with Crippen LogP contribution in [-0.4, -0.2) is 19.8 Å². The predicted molar refractivity (Wildman–Crippen MR) is 63.9 cm³/mol. The average molecular weight is 243 g/mol. The van der Waals surface area contributed by atoms with Gasteiger partial charge in [-0.25, -0.2) is 8.78 Å². The van der Waals surface area contributed by atoms with Crippen LogP contribution in [-0.2, 0) is 4.74 Å². The molecule has 0 aliphatic heterocycles. The summed E-state index contributed by atoms with van der Waals surface area (Å²) < 4.78 is 32.9. The molecule has 17 heavy (non-hydrogen) atoms. The Kier molecular flexibility index (Phi) is 5.51. The van der Waals surface area contributed by atoms with Gasteiger partial charge in [0.1, 0.15) is 11.6 Å². The lowest BCUT2D eigenvalue weighted by Gasteiger charge is -2.26. The van der Waals surface area contributed by atoms with Gasteiger partial charge in [0.2, 0.25) is 0 Å². The topological polar surface area (TPSA) is 21.3 Å². The normalized spacial score (nSPS) is 14.6. The number of rotatable bonds is 6. The molecule has 0 fully saturated rings. The molecule has 0 bridgehead atoms. The molecule has 0 aliphatic rings. The van der Waals surface area contributed by atoms with Crippen molar-refractivity contribution in [2.24, 2.45) is 0 Å². The van der Waals surface area contributed by atoms with Crippen LogP contribution in [0.1, 0.15) is 31.9 Å². The lowest BCUT2D eigenvalue weighted by molar-refractivity contribution is 0.0315. The highest BCUT2D eigenvalue weighted by Gasteiger charge is 2.26. The molecule has 2 unspecified atom stereocenters. The predicted octanol–water partition coefficient (Wildman–Crippen LogP) is 3.04. The number of likely N-dealkylation sites (N-methyl/N-ethyl adjacent to an activating group) is 1. The third-order valence-electron chi connectivity index (χ3n) is 2.78. The van der Waals surface area contributed by atoms with Crippen LogP contribution in [0.4, 0.5) is 8.78 Å². The summed E-state index contributed by atoms with van der Waals surface area (Å²) >= 11 is 0. The number of halogens is 2. The van der Waals surface area contributed by atoms with Crippen LogP contribution in [0.5, 0.6) is 0 Å². The number of hydrogen-bond donors (Lipinski definition) is 1. The molecule has 2 nitrogen and oxygen atoms in total. The molecule has 0 radical (unpaired) electrons. The fourth-order valence-electron chi connectivity index (χ4n) is 1.99. The van der Waals surface area contributed by atoms with Gasteiger partial charge in [0.05, 0.1) is 12.1 Å². The highest BCUT2D eigenvalue weighted by molar-refractivity contribution is 5.24. The second-order valence-corrected chi connectivity index (χ2v) is 3.80. The maximum absolute atomic E-state index is 13.7. The average Bonchev–Trinajstić information content (AvgIpc) is 2.32. The van der Waals surface area contributed by atoms with Gasteiger partial charge in [-0.05, 0) is 32.5 Å². The van der Waals surface area contributed by atoms with Crippen molar-refractivity contribution in [2.45, 2.75) is 32.4 Å². The zero-order valence-corrected chi connectivity index (χ0v) is 10.5. The summed E-state index contributed by atoms with van der Waals surface area (Å²) in [6.45, 7) is 4.32. The molecule has 1 rings (SSSR count). The van der Waals surface area contributed by atoms with E-state index in [0.717, 1.165) is 0 Å². The largest absolute Gasteiger partial charge is 0.377 e. The number of nitrogens with one attached hydrogen (secondary N) is 1. The minimum atomic E-state index is -0.539. The van der Waals surface area contributed by atoms with E-state index in [2.05, 4.69) is 5.32 Å². The van der Waals surface area contributed by atoms with Gasteiger partial charge in [0.15, 0.2) is 0 Å². The van der Waals surface area contributed by atoms with Crippen molar-refractivity contribution in [1.82, 2.24) is 5.32 Å². The second kappa shape index (κ2) is 6.67. The first-order valence-corrected chi connectivity index (χ1v) is 5.88. The van der Waals surface area contributed by atoms with Gasteiger partial charge in [-0.3, -0.25) is 0 Å². The summed E-state index contributed by atoms with van der Waals surface area (Å²) in [5, 5.41) is 2.93. The zero-order valence-electron chi connectivity index (χ0n) is 10.5. The van der Waals surface area contributed by atoms with Gasteiger partial charge >= 0.3 is 0 Å². The Bertz CT molecular complexity index is 337. The molecule has 96 valence electrons. The van der Waals surface area contributed by atoms with E-state index in [1.54, 1.807) is 7.05 Å². The Labute approximate surface area is 101 Å². The van der Waals surface area contributed by atoms with Gasteiger partial charge < -0.3 is 10.1 Å². The first-order valence-electron chi connectivity index (χ1n) is 5.88. The van der Waals surface area contributed by atoms with E-state index in [4.69, 9.17) is 4.74 Å². The molecule has 0 saturated carbocycles. The summed E-state index contributed by atoms with van der Waals surface area (Å²) in [7, 11) is 1.68. The molecule has 0 spiro atoms. The molecule has 4 heteroatoms. The van der Waals surface area contributed by atoms with Gasteiger partial charge in [-0.1, -0.05) is 13.0 Å². The minimum absolute atomic E-state index is 0.0512. The molecule has 0 heterocycles. The third kappa shape index (κ3) is 3.23. The van der Waals surface area contributed by atoms with Crippen LogP contribution in [0.25, 0.3) is 0 Å². The fraction of sp³-hybridized carbons (Fsp3) is 0.538. The smallest absolute Gasteiger partial charge is 0.131 e. The summed E-state index contributed by atoms with van der Waals surface area (Å²) in [4.78, 5) is 0. The maximum Gasteiger partial charge on any atom is 0.131 e. The number of benzene rings is 1. The molecule has 1 aromatic carbocycles. The Balaban J connectivity index is 3.07. The summed E-state index contributed by atoms with van der Waals surface area (Å²) in [5.74, 6) is -1.08. The van der Waals surface area contributed by atoms with E-state index in [0.29, 0.717) is 13.0 Å². The van der Waals surface area contributed by atoms with Crippen molar-refractivity contribution >= 4 is 0 Å². The van der Waals surface area contributed by atoms with Crippen LogP contribution in [0.3, 0.4) is 0 Å². The first kappa shape index (κ1) is 14.1. The Morgan fingerprint density at radius 2 is 1.82 bits per heavy atom. The van der Waals surface area contributed by atoms with Crippen molar-refractivity contribution in [3.05, 3.63) is 35.4 Å². The fourth-order valence-corrected chi connectivity index (χ4v) is 1.99. The van der Waals surface area contributed by atoms with E-state index in [9.17, 15) is 8.78 Å². The monoisotopic (exact) mass is 243 g/mol. The molecule has 2 atom stereocenters. The Hall–Kier alpha value is -1.00. The van der Waals surface area contributed by atoms with E-state index < -0.39 is 17.7 Å². The lowest BCUT2D eigenvalue weighted by Crippen LogP contribution is -2.32. The molecular weight excluding hydrogens is 224 g/mol. The maximum atomic E-state index is 13.7. The number of ether oxygens (including phenoxy) is 1. The minimum Gasteiger partial charge on any atom is -0.377 e. The molecule has 0 aromatic heterocycles. The van der Waals surface area contributed by atoms with E-state index in [1.807, 2.05) is 13.8 Å². The van der Waals surface area contributed by atoms with Crippen molar-refractivity contribution in [3.8, 4) is 0 Å². The molecule has 0 aliphatic carbocycles. The van der Waals surface area contributed by atoms with Crippen molar-refractivity contribution in [2.75, 3.05) is 13.7 Å². The highest BCUT2D eigenvalue weighted by Crippen LogP contribution is 2.26. The number of hydrogen-bond acceptors (Lipinski definition) is 2. The van der Waals surface area contributed by atoms with Crippen molar-refractivity contribution < 1.29 is 13.5 Å². The van der Waals surface area contributed by atoms with Crippen molar-refractivity contribution in [1.29, 1.82) is 0 Å². The summed E-state index contributed by atoms with van der Waals surface area (Å²) in [5.41, 5.74) is 0.0512. The second-order valence-electron chi connectivity index (χ2n) is 3.80. The van der Waals surface area contributed by atoms with Gasteiger partial charge in [-0.2, -0.15) is 0 Å². The summed E-state index contributed by atoms with van der Waals surface area (Å²) in [6, 6.07) is 3.42. The van der Waals surface area contributed by atoms with Crippen LogP contribution in [0.2, 0.25) is 0 Å². The van der Waals surface area contributed by atoms with Crippen LogP contribution >= 0.6 is 0 Å². The van der Waals surface area contributed by atoms with Crippen molar-refractivity contribution in [3.63, 3.8) is 0 Å². The van der Waals surface area contributed by atoms with E-state index in [-0.39, 0.29) is 11.7 Å². The third-order valence-corrected chi connectivity index (χ3v) is 2.78. The van der Waals surface area contributed by atoms with Crippen LogP contribution < -0.4 is 5.32 Å².